The summed E-state index contributed by atoms with van der Waals surface area (Å²) in [6.07, 6.45) is 7.59. The third-order valence-corrected chi connectivity index (χ3v) is 2.64. The molecular weight excluding hydrogens is 198 g/mol. The van der Waals surface area contributed by atoms with Gasteiger partial charge in [-0.15, -0.1) is 0 Å². The summed E-state index contributed by atoms with van der Waals surface area (Å²) in [6.45, 7) is 9.93. The lowest BCUT2D eigenvalue weighted by atomic mass is 10.1. The molecule has 0 spiro atoms. The largest absolute Gasteiger partial charge is 0.337 e. The average molecular weight is 223 g/mol. The molecule has 0 saturated heterocycles. The summed E-state index contributed by atoms with van der Waals surface area (Å²) in [7, 11) is 0. The molecule has 1 aromatic rings. The Bertz CT molecular complexity index is 278. The van der Waals surface area contributed by atoms with Gasteiger partial charge in [-0.3, -0.25) is 0 Å². The first-order valence-electron chi connectivity index (χ1n) is 6.43. The quantitative estimate of drug-likeness (QED) is 0.686. The number of aryl methyl sites for hydroxylation is 1. The van der Waals surface area contributed by atoms with Crippen LogP contribution in [-0.2, 0) is 13.0 Å². The van der Waals surface area contributed by atoms with Gasteiger partial charge in [-0.2, -0.15) is 0 Å². The Hall–Kier alpha value is -0.830. The predicted octanol–water partition coefficient (Wildman–Crippen LogP) is 2.47. The smallest absolute Gasteiger partial charge is 0.0949 e. The second-order valence-electron chi connectivity index (χ2n) is 4.79. The number of rotatable bonds is 8. The minimum atomic E-state index is 0.761. The summed E-state index contributed by atoms with van der Waals surface area (Å²) in [5.74, 6) is 0.761. The zero-order valence-corrected chi connectivity index (χ0v) is 10.9. The fourth-order valence-corrected chi connectivity index (χ4v) is 1.58. The second-order valence-corrected chi connectivity index (χ2v) is 4.79. The molecule has 0 aliphatic heterocycles. The molecular formula is C13H25N3. The maximum absolute atomic E-state index is 4.41. The van der Waals surface area contributed by atoms with E-state index < -0.39 is 0 Å². The molecule has 0 radical (unpaired) electrons. The topological polar surface area (TPSA) is 29.9 Å². The molecule has 16 heavy (non-hydrogen) atoms. The van der Waals surface area contributed by atoms with E-state index in [0.717, 1.165) is 32.0 Å². The molecule has 0 aromatic carbocycles. The summed E-state index contributed by atoms with van der Waals surface area (Å²) in [5, 5.41) is 3.39. The van der Waals surface area contributed by atoms with Gasteiger partial charge < -0.3 is 9.88 Å². The molecule has 0 bridgehead atoms. The van der Waals surface area contributed by atoms with Crippen LogP contribution in [0, 0.1) is 5.92 Å². The average Bonchev–Trinajstić information content (AvgIpc) is 2.70. The van der Waals surface area contributed by atoms with Gasteiger partial charge in [0.25, 0.3) is 0 Å². The van der Waals surface area contributed by atoms with Crippen molar-refractivity contribution in [3.8, 4) is 0 Å². The zero-order valence-electron chi connectivity index (χ0n) is 10.9. The molecule has 1 aromatic heterocycles. The van der Waals surface area contributed by atoms with E-state index in [2.05, 4.69) is 41.8 Å². The number of hydrogen-bond acceptors (Lipinski definition) is 2. The first kappa shape index (κ1) is 13.2. The van der Waals surface area contributed by atoms with Crippen LogP contribution >= 0.6 is 0 Å². The molecule has 0 aliphatic carbocycles. The van der Waals surface area contributed by atoms with Crippen LogP contribution in [0.3, 0.4) is 0 Å². The highest BCUT2D eigenvalue weighted by molar-refractivity contribution is 4.97. The Kier molecular flexibility index (Phi) is 6.16. The summed E-state index contributed by atoms with van der Waals surface area (Å²) < 4.78 is 2.20. The number of imidazole rings is 1. The van der Waals surface area contributed by atoms with E-state index in [1.807, 2.05) is 6.33 Å². The van der Waals surface area contributed by atoms with Crippen molar-refractivity contribution in [1.82, 2.24) is 14.9 Å². The Morgan fingerprint density at radius 3 is 2.88 bits per heavy atom. The third-order valence-electron chi connectivity index (χ3n) is 2.64. The van der Waals surface area contributed by atoms with Crippen LogP contribution in [0.1, 0.15) is 39.3 Å². The Morgan fingerprint density at radius 2 is 2.19 bits per heavy atom. The van der Waals surface area contributed by atoms with Gasteiger partial charge in [-0.1, -0.05) is 20.8 Å². The molecule has 0 unspecified atom stereocenters. The fraction of sp³-hybridized carbons (Fsp3) is 0.769. The summed E-state index contributed by atoms with van der Waals surface area (Å²) in [5.41, 5.74) is 1.20. The van der Waals surface area contributed by atoms with Crippen molar-refractivity contribution in [3.63, 3.8) is 0 Å². The lowest BCUT2D eigenvalue weighted by Gasteiger charge is -2.04. The molecule has 92 valence electrons. The highest BCUT2D eigenvalue weighted by Gasteiger charge is 1.99. The van der Waals surface area contributed by atoms with E-state index in [4.69, 9.17) is 0 Å². The normalized spacial score (nSPS) is 11.2. The molecule has 0 aliphatic rings. The van der Waals surface area contributed by atoms with Crippen LogP contribution in [0.25, 0.3) is 0 Å². The molecule has 1 rings (SSSR count). The van der Waals surface area contributed by atoms with Gasteiger partial charge in [0.1, 0.15) is 0 Å². The molecule has 3 nitrogen and oxygen atoms in total. The van der Waals surface area contributed by atoms with Crippen molar-refractivity contribution in [1.29, 1.82) is 0 Å². The van der Waals surface area contributed by atoms with Gasteiger partial charge in [0.15, 0.2) is 0 Å². The first-order chi connectivity index (χ1) is 7.72. The molecule has 0 amide bonds. The van der Waals surface area contributed by atoms with Crippen LogP contribution in [0.2, 0.25) is 0 Å². The third kappa shape index (κ3) is 5.31. The van der Waals surface area contributed by atoms with E-state index >= 15 is 0 Å². The van der Waals surface area contributed by atoms with Gasteiger partial charge in [0.2, 0.25) is 0 Å². The van der Waals surface area contributed by atoms with Crippen molar-refractivity contribution in [2.75, 3.05) is 13.1 Å². The second kappa shape index (κ2) is 7.44. The fourth-order valence-electron chi connectivity index (χ4n) is 1.58. The van der Waals surface area contributed by atoms with Gasteiger partial charge in [-0.25, -0.2) is 4.98 Å². The maximum Gasteiger partial charge on any atom is 0.0949 e. The van der Waals surface area contributed by atoms with Crippen LogP contribution in [0.15, 0.2) is 12.5 Å². The van der Waals surface area contributed by atoms with Crippen molar-refractivity contribution in [2.45, 2.75) is 46.6 Å². The Balaban J connectivity index is 2.22. The maximum atomic E-state index is 4.41. The van der Waals surface area contributed by atoms with Gasteiger partial charge in [-0.05, 0) is 25.3 Å². The number of aromatic nitrogens is 2. The van der Waals surface area contributed by atoms with Gasteiger partial charge in [0, 0.05) is 25.7 Å². The van der Waals surface area contributed by atoms with Crippen LogP contribution in [0.5, 0.6) is 0 Å². The van der Waals surface area contributed by atoms with Gasteiger partial charge >= 0.3 is 0 Å². The predicted molar refractivity (Wildman–Crippen MR) is 68.5 cm³/mol. The van der Waals surface area contributed by atoms with Crippen molar-refractivity contribution in [3.05, 3.63) is 18.2 Å². The molecule has 1 heterocycles. The number of nitrogens with zero attached hydrogens (tertiary/aromatic N) is 2. The summed E-state index contributed by atoms with van der Waals surface area (Å²) in [4.78, 5) is 4.41. The number of nitrogens with one attached hydrogen (secondary N) is 1. The lowest BCUT2D eigenvalue weighted by molar-refractivity contribution is 0.516. The van der Waals surface area contributed by atoms with E-state index in [9.17, 15) is 0 Å². The highest BCUT2D eigenvalue weighted by Crippen LogP contribution is 2.04. The van der Waals surface area contributed by atoms with E-state index in [0.29, 0.717) is 0 Å². The zero-order chi connectivity index (χ0) is 11.8. The van der Waals surface area contributed by atoms with Crippen molar-refractivity contribution in [2.24, 2.45) is 5.92 Å². The molecule has 0 fully saturated rings. The molecule has 3 heteroatoms. The standard InChI is InChI=1S/C13H25N3/c1-4-7-14-8-5-13-10-16(11-15-13)9-6-12(2)3/h10-12,14H,4-9H2,1-3H3. The van der Waals surface area contributed by atoms with E-state index in [-0.39, 0.29) is 0 Å². The molecule has 0 saturated carbocycles. The minimum absolute atomic E-state index is 0.761. The van der Waals surface area contributed by atoms with Crippen molar-refractivity contribution >= 4 is 0 Å². The minimum Gasteiger partial charge on any atom is -0.337 e. The first-order valence-corrected chi connectivity index (χ1v) is 6.43. The Labute approximate surface area is 99.3 Å². The van der Waals surface area contributed by atoms with E-state index in [1.165, 1.54) is 18.5 Å². The molecule has 0 atom stereocenters. The van der Waals surface area contributed by atoms with Crippen LogP contribution < -0.4 is 5.32 Å². The van der Waals surface area contributed by atoms with Gasteiger partial charge in [0.05, 0.1) is 12.0 Å². The summed E-state index contributed by atoms with van der Waals surface area (Å²) >= 11 is 0. The SMILES string of the molecule is CCCNCCc1cn(CCC(C)C)cn1. The Morgan fingerprint density at radius 1 is 1.38 bits per heavy atom. The number of hydrogen-bond donors (Lipinski definition) is 1. The van der Waals surface area contributed by atoms with Crippen LogP contribution in [0.4, 0.5) is 0 Å². The molecule has 1 N–H and O–H groups in total. The summed E-state index contributed by atoms with van der Waals surface area (Å²) in [6, 6.07) is 0. The monoisotopic (exact) mass is 223 g/mol. The lowest BCUT2D eigenvalue weighted by Crippen LogP contribution is -2.17. The highest BCUT2D eigenvalue weighted by atomic mass is 15.0. The van der Waals surface area contributed by atoms with Crippen LogP contribution in [-0.4, -0.2) is 22.6 Å². The van der Waals surface area contributed by atoms with E-state index in [1.54, 1.807) is 0 Å². The van der Waals surface area contributed by atoms with Crippen molar-refractivity contribution < 1.29 is 0 Å².